The lowest BCUT2D eigenvalue weighted by Crippen LogP contribution is -2.21. The molecule has 26 heavy (non-hydrogen) atoms. The smallest absolute Gasteiger partial charge is 0.387 e. The summed E-state index contributed by atoms with van der Waals surface area (Å²) >= 11 is 1.41. The van der Waals surface area contributed by atoms with E-state index < -0.39 is 5.76 Å². The molecule has 0 unspecified atom stereocenters. The minimum atomic E-state index is -0.609. The van der Waals surface area contributed by atoms with Crippen LogP contribution in [0.1, 0.15) is 16.8 Å². The minimum Gasteiger partial charge on any atom is -0.387 e. The Morgan fingerprint density at radius 3 is 2.85 bits per heavy atom. The maximum absolute atomic E-state index is 12.1. The van der Waals surface area contributed by atoms with Crippen LogP contribution in [0, 0.1) is 0 Å². The summed E-state index contributed by atoms with van der Waals surface area (Å²) in [6.45, 7) is 0.0919. The standard InChI is InChI=1S/C17H16N4O4S/c1-18-15(23)11-4-2-5-12(10-11)19-14(22)7-8-21-17(24)25-16(20-21)13-6-3-9-26-13/h2-6,9-10H,7-8H2,1H3,(H,18,23)(H,19,22). The molecular formula is C17H16N4O4S. The van der Waals surface area contributed by atoms with Crippen molar-refractivity contribution in [3.63, 3.8) is 0 Å². The van der Waals surface area contributed by atoms with Crippen molar-refractivity contribution in [1.82, 2.24) is 15.1 Å². The first kappa shape index (κ1) is 17.6. The Bertz CT molecular complexity index is 975. The average Bonchev–Trinajstić information content (AvgIpc) is 3.29. The summed E-state index contributed by atoms with van der Waals surface area (Å²) < 4.78 is 6.22. The molecular weight excluding hydrogens is 356 g/mol. The van der Waals surface area contributed by atoms with Gasteiger partial charge in [-0.1, -0.05) is 12.1 Å². The van der Waals surface area contributed by atoms with E-state index >= 15 is 0 Å². The number of nitrogens with zero attached hydrogens (tertiary/aromatic N) is 2. The second-order valence-corrected chi connectivity index (χ2v) is 6.28. The molecule has 134 valence electrons. The maximum atomic E-state index is 12.1. The molecule has 0 spiro atoms. The van der Waals surface area contributed by atoms with Gasteiger partial charge in [-0.2, -0.15) is 4.68 Å². The second-order valence-electron chi connectivity index (χ2n) is 5.33. The molecule has 0 saturated heterocycles. The Morgan fingerprint density at radius 1 is 1.27 bits per heavy atom. The number of nitrogens with one attached hydrogen (secondary N) is 2. The third-order valence-corrected chi connectivity index (χ3v) is 4.38. The second kappa shape index (κ2) is 7.79. The fourth-order valence-corrected chi connectivity index (χ4v) is 2.91. The quantitative estimate of drug-likeness (QED) is 0.688. The topological polar surface area (TPSA) is 106 Å². The number of carbonyl (C=O) groups is 2. The molecule has 1 aromatic carbocycles. The van der Waals surface area contributed by atoms with Gasteiger partial charge < -0.3 is 15.1 Å². The summed E-state index contributed by atoms with van der Waals surface area (Å²) in [7, 11) is 1.54. The average molecular weight is 372 g/mol. The van der Waals surface area contributed by atoms with Crippen molar-refractivity contribution in [2.75, 3.05) is 12.4 Å². The number of benzene rings is 1. The van der Waals surface area contributed by atoms with Gasteiger partial charge in [0.05, 0.1) is 11.4 Å². The highest BCUT2D eigenvalue weighted by Crippen LogP contribution is 2.21. The van der Waals surface area contributed by atoms with E-state index in [0.717, 1.165) is 9.56 Å². The normalized spacial score (nSPS) is 10.5. The van der Waals surface area contributed by atoms with Gasteiger partial charge in [0.25, 0.3) is 11.8 Å². The van der Waals surface area contributed by atoms with E-state index in [1.54, 1.807) is 30.3 Å². The van der Waals surface area contributed by atoms with Gasteiger partial charge in [0.15, 0.2) is 0 Å². The van der Waals surface area contributed by atoms with Crippen LogP contribution in [0.25, 0.3) is 10.8 Å². The van der Waals surface area contributed by atoms with Gasteiger partial charge in [-0.25, -0.2) is 4.79 Å². The fraction of sp³-hybridized carbons (Fsp3) is 0.176. The molecule has 0 aliphatic carbocycles. The van der Waals surface area contributed by atoms with Gasteiger partial charge in [-0.15, -0.1) is 16.4 Å². The zero-order valence-electron chi connectivity index (χ0n) is 13.9. The largest absolute Gasteiger partial charge is 0.437 e. The predicted molar refractivity (Wildman–Crippen MR) is 97.2 cm³/mol. The number of aromatic nitrogens is 2. The minimum absolute atomic E-state index is 0.0422. The van der Waals surface area contributed by atoms with Crippen LogP contribution in [0.4, 0.5) is 5.69 Å². The number of anilines is 1. The summed E-state index contributed by atoms with van der Waals surface area (Å²) in [5.74, 6) is -0.908. The summed E-state index contributed by atoms with van der Waals surface area (Å²) in [4.78, 5) is 36.3. The van der Waals surface area contributed by atoms with Gasteiger partial charge in [0.2, 0.25) is 5.91 Å². The maximum Gasteiger partial charge on any atom is 0.437 e. The zero-order valence-corrected chi connectivity index (χ0v) is 14.7. The molecule has 3 aromatic rings. The van der Waals surface area contributed by atoms with Gasteiger partial charge in [-0.05, 0) is 29.6 Å². The van der Waals surface area contributed by atoms with Crippen molar-refractivity contribution < 1.29 is 14.0 Å². The third kappa shape index (κ3) is 4.06. The number of thiophene rings is 1. The molecule has 0 bridgehead atoms. The molecule has 2 aromatic heterocycles. The van der Waals surface area contributed by atoms with Crippen LogP contribution >= 0.6 is 11.3 Å². The highest BCUT2D eigenvalue weighted by Gasteiger charge is 2.13. The summed E-state index contributed by atoms with van der Waals surface area (Å²) in [6.07, 6.45) is 0.0422. The van der Waals surface area contributed by atoms with E-state index in [1.165, 1.54) is 18.4 Å². The van der Waals surface area contributed by atoms with Crippen molar-refractivity contribution >= 4 is 28.8 Å². The molecule has 0 atom stereocenters. The number of hydrogen-bond acceptors (Lipinski definition) is 6. The molecule has 0 aliphatic heterocycles. The van der Waals surface area contributed by atoms with Crippen LogP contribution in [-0.2, 0) is 11.3 Å². The van der Waals surface area contributed by atoms with Crippen molar-refractivity contribution in [2.45, 2.75) is 13.0 Å². The molecule has 0 saturated carbocycles. The number of rotatable bonds is 6. The number of hydrogen-bond donors (Lipinski definition) is 2. The first-order chi connectivity index (χ1) is 12.6. The molecule has 8 nitrogen and oxygen atoms in total. The molecule has 0 aliphatic rings. The molecule has 0 radical (unpaired) electrons. The summed E-state index contributed by atoms with van der Waals surface area (Å²) in [5.41, 5.74) is 0.946. The Labute approximate surface area is 152 Å². The zero-order chi connectivity index (χ0) is 18.5. The molecule has 2 heterocycles. The Hall–Kier alpha value is -3.20. The lowest BCUT2D eigenvalue weighted by atomic mass is 10.2. The van der Waals surface area contributed by atoms with Crippen LogP contribution in [0.3, 0.4) is 0 Å². The van der Waals surface area contributed by atoms with Crippen LogP contribution in [0.5, 0.6) is 0 Å². The fourth-order valence-electron chi connectivity index (χ4n) is 2.26. The van der Waals surface area contributed by atoms with Crippen molar-refractivity contribution in [3.05, 3.63) is 57.9 Å². The summed E-state index contributed by atoms with van der Waals surface area (Å²) in [5, 5.41) is 11.2. The first-order valence-electron chi connectivity index (χ1n) is 7.80. The van der Waals surface area contributed by atoms with Crippen molar-refractivity contribution in [1.29, 1.82) is 0 Å². The van der Waals surface area contributed by atoms with Gasteiger partial charge in [0, 0.05) is 24.7 Å². The van der Waals surface area contributed by atoms with E-state index in [-0.39, 0.29) is 30.7 Å². The highest BCUT2D eigenvalue weighted by molar-refractivity contribution is 7.13. The van der Waals surface area contributed by atoms with E-state index in [0.29, 0.717) is 11.3 Å². The predicted octanol–water partition coefficient (Wildman–Crippen LogP) is 1.95. The monoisotopic (exact) mass is 372 g/mol. The van der Waals surface area contributed by atoms with Gasteiger partial charge in [0.1, 0.15) is 0 Å². The molecule has 2 N–H and O–H groups in total. The number of aryl methyl sites for hydroxylation is 1. The number of amides is 2. The van der Waals surface area contributed by atoms with Crippen LogP contribution in [0.2, 0.25) is 0 Å². The molecule has 2 amide bonds. The van der Waals surface area contributed by atoms with Crippen LogP contribution < -0.4 is 16.4 Å². The summed E-state index contributed by atoms with van der Waals surface area (Å²) in [6, 6.07) is 10.2. The van der Waals surface area contributed by atoms with Crippen molar-refractivity contribution in [3.8, 4) is 10.8 Å². The Balaban J connectivity index is 1.61. The van der Waals surface area contributed by atoms with E-state index in [9.17, 15) is 14.4 Å². The van der Waals surface area contributed by atoms with Crippen molar-refractivity contribution in [2.24, 2.45) is 0 Å². The number of carbonyl (C=O) groups excluding carboxylic acids is 2. The van der Waals surface area contributed by atoms with Gasteiger partial charge in [-0.3, -0.25) is 9.59 Å². The lowest BCUT2D eigenvalue weighted by molar-refractivity contribution is -0.116. The highest BCUT2D eigenvalue weighted by atomic mass is 32.1. The lowest BCUT2D eigenvalue weighted by Gasteiger charge is -2.06. The van der Waals surface area contributed by atoms with E-state index in [1.807, 2.05) is 11.4 Å². The molecule has 9 heteroatoms. The van der Waals surface area contributed by atoms with Crippen LogP contribution in [0.15, 0.2) is 51.0 Å². The Morgan fingerprint density at radius 2 is 2.12 bits per heavy atom. The van der Waals surface area contributed by atoms with E-state index in [2.05, 4.69) is 15.7 Å². The SMILES string of the molecule is CNC(=O)c1cccc(NC(=O)CCn2nc(-c3cccs3)oc2=O)c1. The third-order valence-electron chi connectivity index (χ3n) is 3.52. The Kier molecular flexibility index (Phi) is 5.28. The van der Waals surface area contributed by atoms with Gasteiger partial charge >= 0.3 is 5.76 Å². The van der Waals surface area contributed by atoms with E-state index in [4.69, 9.17) is 4.42 Å². The molecule has 0 fully saturated rings. The van der Waals surface area contributed by atoms with Crippen LogP contribution in [-0.4, -0.2) is 28.6 Å². The first-order valence-corrected chi connectivity index (χ1v) is 8.68. The molecule has 3 rings (SSSR count).